The second-order valence-electron chi connectivity index (χ2n) is 7.30. The molecule has 1 heterocycles. The fraction of sp³-hybridized carbons (Fsp3) is 0.579. The molecule has 10 heteroatoms. The Bertz CT molecular complexity index is 833. The number of hydrogen-bond donors (Lipinski definition) is 1. The first-order valence-corrected chi connectivity index (χ1v) is 11.8. The molecule has 0 saturated carbocycles. The number of rotatable bonds is 7. The number of nitrogens with zero attached hydrogens (tertiary/aromatic N) is 2. The van der Waals surface area contributed by atoms with Crippen molar-refractivity contribution in [3.05, 3.63) is 28.2 Å². The van der Waals surface area contributed by atoms with Crippen molar-refractivity contribution < 1.29 is 18.0 Å². The number of nitrogens with one attached hydrogen (secondary N) is 1. The zero-order chi connectivity index (χ0) is 21.8. The summed E-state index contributed by atoms with van der Waals surface area (Å²) >= 11 is 12.1. The summed E-state index contributed by atoms with van der Waals surface area (Å²) in [4.78, 5) is 26.2. The summed E-state index contributed by atoms with van der Waals surface area (Å²) in [5.74, 6) is -0.655. The van der Waals surface area contributed by atoms with Crippen LogP contribution >= 0.6 is 23.2 Å². The third-order valence-electron chi connectivity index (χ3n) is 4.80. The van der Waals surface area contributed by atoms with E-state index < -0.39 is 10.0 Å². The Morgan fingerprint density at radius 1 is 1.21 bits per heavy atom. The average molecular weight is 464 g/mol. The lowest BCUT2D eigenvalue weighted by Crippen LogP contribution is -2.47. The van der Waals surface area contributed by atoms with Crippen molar-refractivity contribution in [2.24, 2.45) is 5.92 Å². The van der Waals surface area contributed by atoms with Gasteiger partial charge in [0.05, 0.1) is 16.6 Å². The Morgan fingerprint density at radius 3 is 2.24 bits per heavy atom. The van der Waals surface area contributed by atoms with E-state index in [1.165, 1.54) is 21.3 Å². The summed E-state index contributed by atoms with van der Waals surface area (Å²) in [6.45, 7) is 6.33. The lowest BCUT2D eigenvalue weighted by atomic mass is 9.96. The Kier molecular flexibility index (Phi) is 8.34. The van der Waals surface area contributed by atoms with Crippen LogP contribution in [0.2, 0.25) is 10.0 Å². The normalized spacial score (nSPS) is 16.1. The van der Waals surface area contributed by atoms with Crippen LogP contribution in [0.3, 0.4) is 0 Å². The quantitative estimate of drug-likeness (QED) is 0.673. The van der Waals surface area contributed by atoms with Crippen molar-refractivity contribution in [3.8, 4) is 0 Å². The number of carbonyl (C=O) groups is 2. The van der Waals surface area contributed by atoms with Crippen molar-refractivity contribution in [1.82, 2.24) is 14.5 Å². The largest absolute Gasteiger partial charge is 0.352 e. The van der Waals surface area contributed by atoms with E-state index in [0.717, 1.165) is 0 Å². The van der Waals surface area contributed by atoms with Gasteiger partial charge in [-0.25, -0.2) is 8.42 Å². The van der Waals surface area contributed by atoms with Crippen LogP contribution in [0, 0.1) is 5.92 Å². The number of halogens is 2. The molecule has 2 rings (SSSR count). The van der Waals surface area contributed by atoms with Crippen LogP contribution in [0.5, 0.6) is 0 Å². The van der Waals surface area contributed by atoms with Crippen LogP contribution in [0.1, 0.15) is 33.6 Å². The molecule has 0 spiro atoms. The maximum Gasteiger partial charge on any atom is 0.246 e. The van der Waals surface area contributed by atoms with Gasteiger partial charge in [0.2, 0.25) is 21.8 Å². The highest BCUT2D eigenvalue weighted by Gasteiger charge is 2.35. The van der Waals surface area contributed by atoms with Gasteiger partial charge in [0.1, 0.15) is 4.90 Å². The number of benzene rings is 1. The minimum atomic E-state index is -3.85. The molecule has 162 valence electrons. The molecule has 0 aromatic heterocycles. The second kappa shape index (κ2) is 10.1. The molecule has 0 aliphatic carbocycles. The highest BCUT2D eigenvalue weighted by molar-refractivity contribution is 7.89. The van der Waals surface area contributed by atoms with E-state index >= 15 is 0 Å². The molecular formula is C19H27Cl2N3O4S. The number of carbonyl (C=O) groups excluding carboxylic acids is 2. The van der Waals surface area contributed by atoms with Gasteiger partial charge >= 0.3 is 0 Å². The molecule has 0 radical (unpaired) electrons. The lowest BCUT2D eigenvalue weighted by molar-refractivity contribution is -0.140. The summed E-state index contributed by atoms with van der Waals surface area (Å²) in [6.07, 6.45) is 0.755. The van der Waals surface area contributed by atoms with E-state index in [1.54, 1.807) is 6.07 Å². The summed E-state index contributed by atoms with van der Waals surface area (Å²) in [5, 5.41) is 2.92. The molecule has 1 N–H and O–H groups in total. The Morgan fingerprint density at radius 2 is 1.76 bits per heavy atom. The minimum absolute atomic E-state index is 0.00125. The predicted molar refractivity (Wildman–Crippen MR) is 113 cm³/mol. The van der Waals surface area contributed by atoms with Crippen LogP contribution in [0.15, 0.2) is 23.1 Å². The maximum absolute atomic E-state index is 13.0. The van der Waals surface area contributed by atoms with Crippen molar-refractivity contribution in [2.75, 3.05) is 26.2 Å². The Hall–Kier alpha value is -1.35. The third kappa shape index (κ3) is 5.84. The van der Waals surface area contributed by atoms with Gasteiger partial charge in [0.15, 0.2) is 0 Å². The van der Waals surface area contributed by atoms with E-state index in [-0.39, 0.29) is 58.3 Å². The summed E-state index contributed by atoms with van der Waals surface area (Å²) < 4.78 is 27.2. The van der Waals surface area contributed by atoms with Gasteiger partial charge in [-0.05, 0) is 45.7 Å². The van der Waals surface area contributed by atoms with Crippen LogP contribution in [0.25, 0.3) is 0 Å². The topological polar surface area (TPSA) is 86.8 Å². The molecule has 1 fully saturated rings. The number of amides is 2. The molecule has 1 aromatic carbocycles. The second-order valence-corrected chi connectivity index (χ2v) is 9.99. The van der Waals surface area contributed by atoms with E-state index in [1.807, 2.05) is 20.8 Å². The highest BCUT2D eigenvalue weighted by atomic mass is 35.5. The lowest BCUT2D eigenvalue weighted by Gasteiger charge is -2.33. The minimum Gasteiger partial charge on any atom is -0.352 e. The zero-order valence-electron chi connectivity index (χ0n) is 16.8. The maximum atomic E-state index is 13.0. The van der Waals surface area contributed by atoms with Gasteiger partial charge in [-0.1, -0.05) is 29.3 Å². The van der Waals surface area contributed by atoms with E-state index in [9.17, 15) is 18.0 Å². The SMILES string of the molecule is CCN(CC(=O)NC(C)C)C(=O)C1CCN(S(=O)(=O)c2c(Cl)cccc2Cl)CC1. The van der Waals surface area contributed by atoms with Gasteiger partial charge in [0, 0.05) is 31.6 Å². The summed E-state index contributed by atoms with van der Waals surface area (Å²) in [6, 6.07) is 4.56. The number of likely N-dealkylation sites (N-methyl/N-ethyl adjacent to an activating group) is 1. The van der Waals surface area contributed by atoms with E-state index in [2.05, 4.69) is 5.32 Å². The molecule has 0 unspecified atom stereocenters. The molecule has 2 amide bonds. The molecule has 1 aromatic rings. The molecule has 0 atom stereocenters. The van der Waals surface area contributed by atoms with Crippen molar-refractivity contribution in [1.29, 1.82) is 0 Å². The van der Waals surface area contributed by atoms with E-state index in [4.69, 9.17) is 23.2 Å². The van der Waals surface area contributed by atoms with Crippen LogP contribution in [0.4, 0.5) is 0 Å². The molecule has 0 bridgehead atoms. The monoisotopic (exact) mass is 463 g/mol. The van der Waals surface area contributed by atoms with Crippen molar-refractivity contribution >= 4 is 45.0 Å². The molecule has 7 nitrogen and oxygen atoms in total. The highest BCUT2D eigenvalue weighted by Crippen LogP contribution is 2.33. The zero-order valence-corrected chi connectivity index (χ0v) is 19.1. The van der Waals surface area contributed by atoms with Gasteiger partial charge < -0.3 is 10.2 Å². The Labute approximate surface area is 182 Å². The van der Waals surface area contributed by atoms with Crippen molar-refractivity contribution in [3.63, 3.8) is 0 Å². The summed E-state index contributed by atoms with van der Waals surface area (Å²) in [5.41, 5.74) is 0. The number of sulfonamides is 1. The van der Waals surface area contributed by atoms with Gasteiger partial charge in [-0.2, -0.15) is 4.31 Å². The molecular weight excluding hydrogens is 437 g/mol. The van der Waals surface area contributed by atoms with Crippen LogP contribution in [-0.4, -0.2) is 61.7 Å². The first-order valence-electron chi connectivity index (χ1n) is 9.60. The first-order chi connectivity index (χ1) is 13.6. The van der Waals surface area contributed by atoms with Gasteiger partial charge in [0.25, 0.3) is 0 Å². The Balaban J connectivity index is 2.04. The average Bonchev–Trinajstić information content (AvgIpc) is 2.64. The number of piperidine rings is 1. The number of hydrogen-bond acceptors (Lipinski definition) is 4. The molecule has 1 aliphatic rings. The molecule has 29 heavy (non-hydrogen) atoms. The van der Waals surface area contributed by atoms with Gasteiger partial charge in [-0.15, -0.1) is 0 Å². The predicted octanol–water partition coefficient (Wildman–Crippen LogP) is 2.77. The third-order valence-corrected chi connectivity index (χ3v) is 7.65. The van der Waals surface area contributed by atoms with Crippen LogP contribution < -0.4 is 5.32 Å². The van der Waals surface area contributed by atoms with Crippen LogP contribution in [-0.2, 0) is 19.6 Å². The van der Waals surface area contributed by atoms with Crippen molar-refractivity contribution in [2.45, 2.75) is 44.6 Å². The first kappa shape index (κ1) is 23.9. The summed E-state index contributed by atoms with van der Waals surface area (Å²) in [7, 11) is -3.85. The molecule has 1 saturated heterocycles. The smallest absolute Gasteiger partial charge is 0.246 e. The standard InChI is InChI=1S/C19H27Cl2N3O4S/c1-4-23(12-17(25)22-13(2)3)19(26)14-8-10-24(11-9-14)29(27,28)18-15(20)6-5-7-16(18)21/h5-7,13-14H,4,8-12H2,1-3H3,(H,22,25). The molecule has 1 aliphatic heterocycles. The van der Waals surface area contributed by atoms with E-state index in [0.29, 0.717) is 19.4 Å². The van der Waals surface area contributed by atoms with Gasteiger partial charge in [-0.3, -0.25) is 9.59 Å². The fourth-order valence-corrected chi connectivity index (χ4v) is 5.91. The fourth-order valence-electron chi connectivity index (χ4n) is 3.35.